The Kier molecular flexibility index (Phi) is 5.71. The average Bonchev–Trinajstić information content (AvgIpc) is 3.00. The molecule has 0 bridgehead atoms. The van der Waals surface area contributed by atoms with Gasteiger partial charge in [0.15, 0.2) is 0 Å². The van der Waals surface area contributed by atoms with Crippen LogP contribution in [0.25, 0.3) is 0 Å². The number of hydrogen-bond donors (Lipinski definition) is 2. The highest BCUT2D eigenvalue weighted by Crippen LogP contribution is 2.69. The topological polar surface area (TPSA) is 40.5 Å². The normalized spacial score (nSPS) is 51.9. The smallest absolute Gasteiger partial charge is 0.0650 e. The van der Waals surface area contributed by atoms with Crippen LogP contribution in [0.3, 0.4) is 0 Å². The fourth-order valence-corrected chi connectivity index (χ4v) is 9.61. The quantitative estimate of drug-likeness (QED) is 0.575. The molecule has 9 atom stereocenters. The van der Waals surface area contributed by atoms with Gasteiger partial charge in [0.25, 0.3) is 0 Å². The van der Waals surface area contributed by atoms with E-state index < -0.39 is 0 Å². The Hall–Kier alpha value is -0.0800. The molecular formula is C26H46O2. The Morgan fingerprint density at radius 3 is 2.32 bits per heavy atom. The summed E-state index contributed by atoms with van der Waals surface area (Å²) in [4.78, 5) is 0. The highest BCUT2D eigenvalue weighted by molar-refractivity contribution is 5.12. The van der Waals surface area contributed by atoms with Crippen molar-refractivity contribution >= 4 is 0 Å². The maximum Gasteiger partial charge on any atom is 0.0650 e. The van der Waals surface area contributed by atoms with Crippen LogP contribution in [0.2, 0.25) is 0 Å². The Morgan fingerprint density at radius 2 is 1.64 bits per heavy atom. The molecule has 0 aromatic carbocycles. The van der Waals surface area contributed by atoms with E-state index in [0.717, 1.165) is 49.4 Å². The SMILES string of the molecule is CCC[C@@]1(O)CC[C@@]2(CCC)[C@H](CC[C@H]3[C@@H]4CC[C@H](C(C)O)[C@@]4(C)CC[C@@H]32)C1. The lowest BCUT2D eigenvalue weighted by molar-refractivity contribution is -0.166. The lowest BCUT2D eigenvalue weighted by Gasteiger charge is -2.63. The Balaban J connectivity index is 1.61. The van der Waals surface area contributed by atoms with E-state index in [9.17, 15) is 10.2 Å². The summed E-state index contributed by atoms with van der Waals surface area (Å²) in [6.07, 6.45) is 16.0. The van der Waals surface area contributed by atoms with E-state index in [4.69, 9.17) is 0 Å². The fraction of sp³-hybridized carbons (Fsp3) is 1.00. The molecule has 4 aliphatic carbocycles. The van der Waals surface area contributed by atoms with Crippen molar-refractivity contribution in [2.75, 3.05) is 0 Å². The minimum atomic E-state index is -0.378. The number of aliphatic hydroxyl groups excluding tert-OH is 1. The Bertz CT molecular complexity index is 559. The summed E-state index contributed by atoms with van der Waals surface area (Å²) in [5.74, 6) is 3.85. The van der Waals surface area contributed by atoms with Gasteiger partial charge in [0.05, 0.1) is 11.7 Å². The maximum atomic E-state index is 11.2. The first-order valence-corrected chi connectivity index (χ1v) is 12.7. The molecule has 162 valence electrons. The van der Waals surface area contributed by atoms with Gasteiger partial charge in [0.1, 0.15) is 0 Å². The number of hydrogen-bond acceptors (Lipinski definition) is 2. The molecule has 0 aliphatic heterocycles. The average molecular weight is 391 g/mol. The highest BCUT2D eigenvalue weighted by atomic mass is 16.3. The van der Waals surface area contributed by atoms with Crippen LogP contribution in [0.4, 0.5) is 0 Å². The van der Waals surface area contributed by atoms with Gasteiger partial charge in [-0.15, -0.1) is 0 Å². The summed E-state index contributed by atoms with van der Waals surface area (Å²) in [6, 6.07) is 0. The summed E-state index contributed by atoms with van der Waals surface area (Å²) in [5, 5.41) is 21.7. The molecule has 28 heavy (non-hydrogen) atoms. The molecular weight excluding hydrogens is 344 g/mol. The standard InChI is InChI=1S/C26H46O2/c1-5-12-25(28)15-16-26(13-6-2)19(17-25)7-8-20-22-10-9-21(18(3)27)24(22,4)14-11-23(20)26/h18-23,27-28H,5-17H2,1-4H3/t18?,19-,20+,21-,22+,23+,24-,25-,26+/m1/s1. The number of aliphatic hydroxyl groups is 2. The minimum absolute atomic E-state index is 0.147. The molecule has 0 aromatic rings. The van der Waals surface area contributed by atoms with Gasteiger partial charge in [-0.25, -0.2) is 0 Å². The van der Waals surface area contributed by atoms with Crippen molar-refractivity contribution in [2.45, 2.75) is 123 Å². The lowest BCUT2D eigenvalue weighted by atomic mass is 9.42. The van der Waals surface area contributed by atoms with Gasteiger partial charge in [-0.1, -0.05) is 33.6 Å². The van der Waals surface area contributed by atoms with Gasteiger partial charge in [-0.3, -0.25) is 0 Å². The number of rotatable bonds is 5. The second kappa shape index (κ2) is 7.56. The van der Waals surface area contributed by atoms with Crippen molar-refractivity contribution in [3.63, 3.8) is 0 Å². The molecule has 2 N–H and O–H groups in total. The first-order chi connectivity index (χ1) is 13.3. The molecule has 0 aromatic heterocycles. The monoisotopic (exact) mass is 390 g/mol. The first-order valence-electron chi connectivity index (χ1n) is 12.7. The second-order valence-corrected chi connectivity index (χ2v) is 11.8. The van der Waals surface area contributed by atoms with Gasteiger partial charge >= 0.3 is 0 Å². The van der Waals surface area contributed by atoms with E-state index >= 15 is 0 Å². The van der Waals surface area contributed by atoms with Gasteiger partial charge in [-0.05, 0) is 118 Å². The predicted octanol–water partition coefficient (Wildman–Crippen LogP) is 6.34. The Morgan fingerprint density at radius 1 is 0.893 bits per heavy atom. The highest BCUT2D eigenvalue weighted by Gasteiger charge is 2.62. The van der Waals surface area contributed by atoms with Crippen LogP contribution in [0.15, 0.2) is 0 Å². The molecule has 2 heteroatoms. The molecule has 0 saturated heterocycles. The minimum Gasteiger partial charge on any atom is -0.393 e. The van der Waals surface area contributed by atoms with Crippen LogP contribution in [0, 0.1) is 40.4 Å². The van der Waals surface area contributed by atoms with Crippen molar-refractivity contribution < 1.29 is 10.2 Å². The zero-order valence-electron chi connectivity index (χ0n) is 19.1. The maximum absolute atomic E-state index is 11.2. The van der Waals surface area contributed by atoms with E-state index in [1.165, 1.54) is 57.8 Å². The van der Waals surface area contributed by atoms with Crippen molar-refractivity contribution in [1.29, 1.82) is 0 Å². The van der Waals surface area contributed by atoms with Gasteiger partial charge in [0.2, 0.25) is 0 Å². The largest absolute Gasteiger partial charge is 0.393 e. The molecule has 0 heterocycles. The van der Waals surface area contributed by atoms with Crippen LogP contribution >= 0.6 is 0 Å². The van der Waals surface area contributed by atoms with E-state index in [2.05, 4.69) is 20.8 Å². The zero-order valence-corrected chi connectivity index (χ0v) is 19.1. The van der Waals surface area contributed by atoms with Crippen LogP contribution in [-0.2, 0) is 0 Å². The summed E-state index contributed by atoms with van der Waals surface area (Å²) < 4.78 is 0. The molecule has 2 nitrogen and oxygen atoms in total. The number of fused-ring (bicyclic) bond motifs is 5. The third-order valence-corrected chi connectivity index (χ3v) is 10.6. The van der Waals surface area contributed by atoms with Gasteiger partial charge in [0, 0.05) is 0 Å². The van der Waals surface area contributed by atoms with E-state index in [1.807, 2.05) is 6.92 Å². The van der Waals surface area contributed by atoms with E-state index in [-0.39, 0.29) is 11.7 Å². The molecule has 0 amide bonds. The van der Waals surface area contributed by atoms with Crippen molar-refractivity contribution in [2.24, 2.45) is 40.4 Å². The van der Waals surface area contributed by atoms with Crippen molar-refractivity contribution in [1.82, 2.24) is 0 Å². The summed E-state index contributed by atoms with van der Waals surface area (Å²) in [6.45, 7) is 9.17. The lowest BCUT2D eigenvalue weighted by Crippen LogP contribution is -2.57. The third kappa shape index (κ3) is 3.11. The molecule has 0 radical (unpaired) electrons. The molecule has 4 fully saturated rings. The molecule has 4 rings (SSSR count). The van der Waals surface area contributed by atoms with Crippen LogP contribution in [-0.4, -0.2) is 21.9 Å². The fourth-order valence-electron chi connectivity index (χ4n) is 9.61. The van der Waals surface area contributed by atoms with Crippen LogP contribution < -0.4 is 0 Å². The second-order valence-electron chi connectivity index (χ2n) is 11.8. The third-order valence-electron chi connectivity index (χ3n) is 10.6. The summed E-state index contributed by atoms with van der Waals surface area (Å²) in [5.41, 5.74) is 0.493. The van der Waals surface area contributed by atoms with E-state index in [0.29, 0.717) is 16.7 Å². The van der Waals surface area contributed by atoms with E-state index in [1.54, 1.807) is 0 Å². The zero-order chi connectivity index (χ0) is 20.2. The van der Waals surface area contributed by atoms with Crippen LogP contribution in [0.1, 0.15) is 111 Å². The molecule has 1 unspecified atom stereocenters. The predicted molar refractivity (Wildman–Crippen MR) is 116 cm³/mol. The molecule has 0 spiro atoms. The summed E-state index contributed by atoms with van der Waals surface area (Å²) in [7, 11) is 0. The van der Waals surface area contributed by atoms with Gasteiger partial charge in [-0.2, -0.15) is 0 Å². The molecule has 4 saturated carbocycles. The Labute approximate surface area is 173 Å². The first kappa shape index (κ1) is 21.2. The molecule has 4 aliphatic rings. The van der Waals surface area contributed by atoms with Crippen molar-refractivity contribution in [3.8, 4) is 0 Å². The summed E-state index contributed by atoms with van der Waals surface area (Å²) >= 11 is 0. The van der Waals surface area contributed by atoms with Gasteiger partial charge < -0.3 is 10.2 Å². The van der Waals surface area contributed by atoms with Crippen LogP contribution in [0.5, 0.6) is 0 Å². The van der Waals surface area contributed by atoms with Crippen molar-refractivity contribution in [3.05, 3.63) is 0 Å².